The van der Waals surface area contributed by atoms with Gasteiger partial charge >= 0.3 is 6.03 Å². The largest absolute Gasteiger partial charge is 0.348 e. The molecule has 118 valence electrons. The molecular weight excluding hydrogens is 294 g/mol. The van der Waals surface area contributed by atoms with Gasteiger partial charge < -0.3 is 9.88 Å². The second-order valence-corrected chi connectivity index (χ2v) is 5.54. The predicted octanol–water partition coefficient (Wildman–Crippen LogP) is 1.37. The number of amides is 3. The number of carbonyl (C=O) groups excluding carboxylic acids is 3. The summed E-state index contributed by atoms with van der Waals surface area (Å²) in [7, 11) is 1.75. The second-order valence-electron chi connectivity index (χ2n) is 5.54. The summed E-state index contributed by atoms with van der Waals surface area (Å²) in [4.78, 5) is 37.6. The molecule has 1 atom stereocenters. The van der Waals surface area contributed by atoms with E-state index in [1.165, 1.54) is 0 Å². The van der Waals surface area contributed by atoms with Crippen LogP contribution in [-0.2, 0) is 18.3 Å². The molecular formula is C17H17N3O3. The summed E-state index contributed by atoms with van der Waals surface area (Å²) in [6.45, 7) is -0.242. The van der Waals surface area contributed by atoms with E-state index in [2.05, 4.69) is 5.32 Å². The number of ketones is 1. The molecule has 3 rings (SSSR count). The number of aromatic nitrogens is 1. The Balaban J connectivity index is 1.69. The summed E-state index contributed by atoms with van der Waals surface area (Å²) in [5.41, 5.74) is 1.43. The lowest BCUT2D eigenvalue weighted by molar-refractivity contribution is -0.127. The van der Waals surface area contributed by atoms with Crippen LogP contribution < -0.4 is 5.32 Å². The first-order chi connectivity index (χ1) is 11.1. The van der Waals surface area contributed by atoms with Gasteiger partial charge in [-0.05, 0) is 17.7 Å². The maximum atomic E-state index is 12.4. The summed E-state index contributed by atoms with van der Waals surface area (Å²) in [6, 6.07) is 11.7. The SMILES string of the molecule is Cn1cccc1C(=O)CN1C(=O)NC(Cc2ccccc2)C1=O. The van der Waals surface area contributed by atoms with Crippen LogP contribution in [0.5, 0.6) is 0 Å². The number of urea groups is 1. The molecule has 0 saturated carbocycles. The smallest absolute Gasteiger partial charge is 0.325 e. The summed E-state index contributed by atoms with van der Waals surface area (Å²) >= 11 is 0. The fourth-order valence-electron chi connectivity index (χ4n) is 2.69. The fraction of sp³-hybridized carbons (Fsp3) is 0.235. The lowest BCUT2D eigenvalue weighted by Crippen LogP contribution is -2.37. The maximum Gasteiger partial charge on any atom is 0.325 e. The molecule has 1 unspecified atom stereocenters. The van der Waals surface area contributed by atoms with E-state index in [-0.39, 0.29) is 18.2 Å². The summed E-state index contributed by atoms with van der Waals surface area (Å²) in [5, 5.41) is 2.65. The average molecular weight is 311 g/mol. The molecule has 23 heavy (non-hydrogen) atoms. The van der Waals surface area contributed by atoms with Crippen molar-refractivity contribution in [1.29, 1.82) is 0 Å². The van der Waals surface area contributed by atoms with Crippen LogP contribution in [0, 0.1) is 0 Å². The van der Waals surface area contributed by atoms with Gasteiger partial charge in [-0.3, -0.25) is 14.5 Å². The Hall–Kier alpha value is -2.89. The molecule has 2 aromatic rings. The Labute approximate surface area is 133 Å². The van der Waals surface area contributed by atoms with E-state index >= 15 is 0 Å². The van der Waals surface area contributed by atoms with Crippen LogP contribution in [-0.4, -0.2) is 39.8 Å². The van der Waals surface area contributed by atoms with E-state index < -0.39 is 12.1 Å². The molecule has 0 radical (unpaired) electrons. The predicted molar refractivity (Wildman–Crippen MR) is 83.9 cm³/mol. The van der Waals surface area contributed by atoms with Crippen LogP contribution in [0.25, 0.3) is 0 Å². The number of hydrogen-bond acceptors (Lipinski definition) is 3. The first-order valence-electron chi connectivity index (χ1n) is 7.36. The van der Waals surface area contributed by atoms with Crippen molar-refractivity contribution in [2.45, 2.75) is 12.5 Å². The summed E-state index contributed by atoms with van der Waals surface area (Å²) < 4.78 is 1.67. The molecule has 2 heterocycles. The quantitative estimate of drug-likeness (QED) is 0.669. The molecule has 1 saturated heterocycles. The second kappa shape index (κ2) is 6.08. The Morgan fingerprint density at radius 2 is 1.87 bits per heavy atom. The summed E-state index contributed by atoms with van der Waals surface area (Å²) in [6.07, 6.45) is 2.16. The number of nitrogens with zero attached hydrogens (tertiary/aromatic N) is 2. The highest BCUT2D eigenvalue weighted by Gasteiger charge is 2.39. The third-order valence-corrected chi connectivity index (χ3v) is 3.92. The molecule has 1 fully saturated rings. The molecule has 0 bridgehead atoms. The minimum atomic E-state index is -0.619. The van der Waals surface area contributed by atoms with E-state index in [1.54, 1.807) is 29.9 Å². The lowest BCUT2D eigenvalue weighted by Gasteiger charge is -2.12. The molecule has 3 amide bonds. The molecule has 0 spiro atoms. The zero-order chi connectivity index (χ0) is 16.4. The van der Waals surface area contributed by atoms with Crippen molar-refractivity contribution in [2.24, 2.45) is 7.05 Å². The molecule has 6 nitrogen and oxygen atoms in total. The van der Waals surface area contributed by atoms with Gasteiger partial charge in [-0.2, -0.15) is 0 Å². The minimum Gasteiger partial charge on any atom is -0.348 e. The van der Waals surface area contributed by atoms with Crippen molar-refractivity contribution in [3.63, 3.8) is 0 Å². The highest BCUT2D eigenvalue weighted by Crippen LogP contribution is 2.13. The van der Waals surface area contributed by atoms with Gasteiger partial charge in [0.1, 0.15) is 6.04 Å². The van der Waals surface area contributed by atoms with Crippen LogP contribution in [0.4, 0.5) is 4.79 Å². The maximum absolute atomic E-state index is 12.4. The van der Waals surface area contributed by atoms with Gasteiger partial charge in [0.05, 0.1) is 12.2 Å². The third-order valence-electron chi connectivity index (χ3n) is 3.92. The van der Waals surface area contributed by atoms with Crippen LogP contribution in [0.2, 0.25) is 0 Å². The fourth-order valence-corrected chi connectivity index (χ4v) is 2.69. The topological polar surface area (TPSA) is 71.4 Å². The van der Waals surface area contributed by atoms with Crippen molar-refractivity contribution < 1.29 is 14.4 Å². The number of carbonyl (C=O) groups is 3. The van der Waals surface area contributed by atoms with E-state index in [4.69, 9.17) is 0 Å². The van der Waals surface area contributed by atoms with Gasteiger partial charge in [-0.1, -0.05) is 30.3 Å². The van der Waals surface area contributed by atoms with Crippen LogP contribution in [0.1, 0.15) is 16.1 Å². The molecule has 1 aliphatic rings. The van der Waals surface area contributed by atoms with Crippen molar-refractivity contribution in [2.75, 3.05) is 6.54 Å². The van der Waals surface area contributed by atoms with E-state index in [0.717, 1.165) is 10.5 Å². The highest BCUT2D eigenvalue weighted by molar-refractivity contribution is 6.09. The van der Waals surface area contributed by atoms with E-state index in [9.17, 15) is 14.4 Å². The number of aryl methyl sites for hydroxylation is 1. The molecule has 1 aliphatic heterocycles. The molecule has 1 N–H and O–H groups in total. The number of nitrogens with one attached hydrogen (secondary N) is 1. The Kier molecular flexibility index (Phi) is 3.97. The van der Waals surface area contributed by atoms with Crippen LogP contribution >= 0.6 is 0 Å². The van der Waals surface area contributed by atoms with Gasteiger partial charge in [0, 0.05) is 19.7 Å². The number of rotatable bonds is 5. The molecule has 1 aromatic carbocycles. The number of benzene rings is 1. The van der Waals surface area contributed by atoms with Crippen molar-refractivity contribution in [1.82, 2.24) is 14.8 Å². The zero-order valence-corrected chi connectivity index (χ0v) is 12.7. The molecule has 6 heteroatoms. The first kappa shape index (κ1) is 15.0. The average Bonchev–Trinajstić information content (AvgIpc) is 3.07. The van der Waals surface area contributed by atoms with Gasteiger partial charge in [0.2, 0.25) is 0 Å². The van der Waals surface area contributed by atoms with Gasteiger partial charge in [0.25, 0.3) is 5.91 Å². The Morgan fingerprint density at radius 3 is 2.52 bits per heavy atom. The normalized spacial score (nSPS) is 17.4. The number of hydrogen-bond donors (Lipinski definition) is 1. The van der Waals surface area contributed by atoms with E-state index in [1.807, 2.05) is 30.3 Å². The third kappa shape index (κ3) is 3.01. The van der Waals surface area contributed by atoms with Crippen molar-refractivity contribution in [3.05, 3.63) is 59.9 Å². The lowest BCUT2D eigenvalue weighted by atomic mass is 10.1. The van der Waals surface area contributed by atoms with Crippen LogP contribution in [0.3, 0.4) is 0 Å². The van der Waals surface area contributed by atoms with Crippen LogP contribution in [0.15, 0.2) is 48.7 Å². The Morgan fingerprint density at radius 1 is 1.13 bits per heavy atom. The standard InChI is InChI=1S/C17H17N3O3/c1-19-9-5-8-14(19)15(21)11-20-16(22)13(18-17(20)23)10-12-6-3-2-4-7-12/h2-9,13H,10-11H2,1H3,(H,18,23). The van der Waals surface area contributed by atoms with E-state index in [0.29, 0.717) is 12.1 Å². The van der Waals surface area contributed by atoms with Gasteiger partial charge in [-0.25, -0.2) is 4.79 Å². The molecule has 0 aliphatic carbocycles. The van der Waals surface area contributed by atoms with Crippen molar-refractivity contribution in [3.8, 4) is 0 Å². The van der Waals surface area contributed by atoms with Gasteiger partial charge in [0.15, 0.2) is 5.78 Å². The minimum absolute atomic E-state index is 0.242. The van der Waals surface area contributed by atoms with Gasteiger partial charge in [-0.15, -0.1) is 0 Å². The number of Topliss-reactive ketones (excluding diaryl/α,β-unsaturated/α-hetero) is 1. The summed E-state index contributed by atoms with van der Waals surface area (Å²) in [5.74, 6) is -0.622. The Bertz CT molecular complexity index is 751. The number of imide groups is 1. The highest BCUT2D eigenvalue weighted by atomic mass is 16.2. The zero-order valence-electron chi connectivity index (χ0n) is 12.7. The first-order valence-corrected chi connectivity index (χ1v) is 7.36. The van der Waals surface area contributed by atoms with Crippen molar-refractivity contribution >= 4 is 17.7 Å². The monoisotopic (exact) mass is 311 g/mol. The molecule has 1 aromatic heterocycles.